The van der Waals surface area contributed by atoms with E-state index in [2.05, 4.69) is 40.3 Å². The number of fused-ring (bicyclic) bond motifs is 1. The summed E-state index contributed by atoms with van der Waals surface area (Å²) in [4.78, 5) is 12.5. The van der Waals surface area contributed by atoms with Crippen molar-refractivity contribution in [3.05, 3.63) is 101 Å². The molecule has 1 aromatic heterocycles. The molecule has 1 heterocycles. The van der Waals surface area contributed by atoms with E-state index in [0.717, 1.165) is 28.7 Å². The highest BCUT2D eigenvalue weighted by molar-refractivity contribution is 6.30. The number of para-hydroxylation sites is 1. The lowest BCUT2D eigenvalue weighted by Crippen LogP contribution is -2.14. The zero-order valence-corrected chi connectivity index (χ0v) is 15.5. The highest BCUT2D eigenvalue weighted by Crippen LogP contribution is 2.23. The van der Waals surface area contributed by atoms with Gasteiger partial charge < -0.3 is 9.88 Å². The molecule has 1 amide bonds. The van der Waals surface area contributed by atoms with Gasteiger partial charge in [-0.05, 0) is 41.5 Å². The zero-order chi connectivity index (χ0) is 18.6. The molecular formula is C23H19ClN2O. The van der Waals surface area contributed by atoms with Gasteiger partial charge in [-0.25, -0.2) is 0 Å². The molecule has 0 bridgehead atoms. The minimum absolute atomic E-state index is 0.0417. The van der Waals surface area contributed by atoms with Crippen LogP contribution in [0, 0.1) is 0 Å². The molecule has 0 saturated carbocycles. The minimum Gasteiger partial charge on any atom is -0.343 e. The van der Waals surface area contributed by atoms with Crippen LogP contribution in [0.2, 0.25) is 5.02 Å². The van der Waals surface area contributed by atoms with Crippen molar-refractivity contribution < 1.29 is 4.79 Å². The number of rotatable bonds is 5. The third-order valence-electron chi connectivity index (χ3n) is 4.55. The molecule has 3 nitrogen and oxygen atoms in total. The molecule has 0 aliphatic heterocycles. The van der Waals surface area contributed by atoms with Crippen molar-refractivity contribution in [3.8, 4) is 0 Å². The monoisotopic (exact) mass is 374 g/mol. The molecule has 1 N–H and O–H groups in total. The third kappa shape index (κ3) is 4.04. The van der Waals surface area contributed by atoms with Crippen LogP contribution in [-0.4, -0.2) is 10.5 Å². The van der Waals surface area contributed by atoms with Crippen molar-refractivity contribution in [1.29, 1.82) is 0 Å². The Morgan fingerprint density at radius 3 is 2.37 bits per heavy atom. The summed E-state index contributed by atoms with van der Waals surface area (Å²) in [7, 11) is 0. The number of amides is 1. The average Bonchev–Trinajstić information content (AvgIpc) is 3.02. The molecule has 0 spiro atoms. The smallest absolute Gasteiger partial charge is 0.228 e. The normalized spacial score (nSPS) is 10.9. The number of halogens is 1. The first kappa shape index (κ1) is 17.4. The number of carbonyl (C=O) groups excluding carboxylic acids is 1. The second kappa shape index (κ2) is 7.68. The fraction of sp³-hybridized carbons (Fsp3) is 0.0870. The second-order valence-electron chi connectivity index (χ2n) is 6.52. The SMILES string of the molecule is O=C(Cc1cn(Cc2ccccc2)c2ccccc12)Nc1ccc(Cl)cc1. The van der Waals surface area contributed by atoms with Crippen LogP contribution in [0.4, 0.5) is 5.69 Å². The molecule has 0 unspecified atom stereocenters. The molecule has 0 radical (unpaired) electrons. The number of anilines is 1. The lowest BCUT2D eigenvalue weighted by atomic mass is 10.1. The molecule has 27 heavy (non-hydrogen) atoms. The van der Waals surface area contributed by atoms with Crippen LogP contribution in [0.5, 0.6) is 0 Å². The van der Waals surface area contributed by atoms with Gasteiger partial charge in [-0.1, -0.05) is 60.1 Å². The Kier molecular flexibility index (Phi) is 4.95. The molecule has 0 atom stereocenters. The molecule has 0 aliphatic rings. The van der Waals surface area contributed by atoms with E-state index in [-0.39, 0.29) is 5.91 Å². The number of nitrogens with zero attached hydrogens (tertiary/aromatic N) is 1. The lowest BCUT2D eigenvalue weighted by molar-refractivity contribution is -0.115. The maximum Gasteiger partial charge on any atom is 0.228 e. The topological polar surface area (TPSA) is 34.0 Å². The highest BCUT2D eigenvalue weighted by atomic mass is 35.5. The molecule has 0 fully saturated rings. The minimum atomic E-state index is -0.0417. The number of hydrogen-bond donors (Lipinski definition) is 1. The van der Waals surface area contributed by atoms with Crippen molar-refractivity contribution in [2.45, 2.75) is 13.0 Å². The number of nitrogens with one attached hydrogen (secondary N) is 1. The fourth-order valence-electron chi connectivity index (χ4n) is 3.29. The summed E-state index contributed by atoms with van der Waals surface area (Å²) < 4.78 is 2.20. The number of carbonyl (C=O) groups is 1. The molecular weight excluding hydrogens is 356 g/mol. The van der Waals surface area contributed by atoms with E-state index in [4.69, 9.17) is 11.6 Å². The summed E-state index contributed by atoms with van der Waals surface area (Å²) in [6, 6.07) is 25.7. The van der Waals surface area contributed by atoms with Crippen LogP contribution >= 0.6 is 11.6 Å². The summed E-state index contributed by atoms with van der Waals surface area (Å²) in [6.07, 6.45) is 2.41. The molecule has 0 aliphatic carbocycles. The quantitative estimate of drug-likeness (QED) is 0.490. The van der Waals surface area contributed by atoms with Gasteiger partial charge in [-0.15, -0.1) is 0 Å². The van der Waals surface area contributed by atoms with Gasteiger partial charge in [0, 0.05) is 34.4 Å². The van der Waals surface area contributed by atoms with E-state index >= 15 is 0 Å². The lowest BCUT2D eigenvalue weighted by Gasteiger charge is -2.05. The zero-order valence-electron chi connectivity index (χ0n) is 14.7. The predicted molar refractivity (Wildman–Crippen MR) is 111 cm³/mol. The van der Waals surface area contributed by atoms with Gasteiger partial charge in [-0.2, -0.15) is 0 Å². The van der Waals surface area contributed by atoms with Gasteiger partial charge >= 0.3 is 0 Å². The van der Waals surface area contributed by atoms with Gasteiger partial charge in [0.1, 0.15) is 0 Å². The largest absolute Gasteiger partial charge is 0.343 e. The molecule has 4 rings (SSSR count). The Morgan fingerprint density at radius 1 is 0.889 bits per heavy atom. The Labute approximate surface area is 163 Å². The van der Waals surface area contributed by atoms with Crippen molar-refractivity contribution in [1.82, 2.24) is 4.57 Å². The summed E-state index contributed by atoms with van der Waals surface area (Å²) in [5.41, 5.74) is 4.14. The van der Waals surface area contributed by atoms with E-state index in [1.807, 2.05) is 30.3 Å². The second-order valence-corrected chi connectivity index (χ2v) is 6.95. The van der Waals surface area contributed by atoms with Crippen molar-refractivity contribution in [3.63, 3.8) is 0 Å². The van der Waals surface area contributed by atoms with Crippen LogP contribution in [0.3, 0.4) is 0 Å². The van der Waals surface area contributed by atoms with E-state index < -0.39 is 0 Å². The number of benzene rings is 3. The Bertz CT molecular complexity index is 1070. The van der Waals surface area contributed by atoms with Crippen LogP contribution in [0.1, 0.15) is 11.1 Å². The van der Waals surface area contributed by atoms with E-state index in [1.54, 1.807) is 24.3 Å². The van der Waals surface area contributed by atoms with E-state index in [1.165, 1.54) is 5.56 Å². The van der Waals surface area contributed by atoms with Crippen molar-refractivity contribution in [2.24, 2.45) is 0 Å². The Balaban J connectivity index is 1.58. The molecule has 0 saturated heterocycles. The van der Waals surface area contributed by atoms with Crippen LogP contribution in [0.25, 0.3) is 10.9 Å². The Morgan fingerprint density at radius 2 is 1.59 bits per heavy atom. The first-order valence-electron chi connectivity index (χ1n) is 8.85. The van der Waals surface area contributed by atoms with Crippen LogP contribution < -0.4 is 5.32 Å². The summed E-state index contributed by atoms with van der Waals surface area (Å²) in [5, 5.41) is 4.70. The van der Waals surface area contributed by atoms with E-state index in [9.17, 15) is 4.79 Å². The average molecular weight is 375 g/mol. The first-order valence-corrected chi connectivity index (χ1v) is 9.23. The predicted octanol–water partition coefficient (Wildman–Crippen LogP) is 5.52. The van der Waals surface area contributed by atoms with Crippen molar-refractivity contribution >= 4 is 34.1 Å². The summed E-state index contributed by atoms with van der Waals surface area (Å²) in [6.45, 7) is 0.778. The third-order valence-corrected chi connectivity index (χ3v) is 4.80. The van der Waals surface area contributed by atoms with Gasteiger partial charge in [0.05, 0.1) is 6.42 Å². The highest BCUT2D eigenvalue weighted by Gasteiger charge is 2.12. The number of hydrogen-bond acceptors (Lipinski definition) is 1. The molecule has 3 aromatic carbocycles. The maximum atomic E-state index is 12.5. The summed E-state index contributed by atoms with van der Waals surface area (Å²) in [5.74, 6) is -0.0417. The first-order chi connectivity index (χ1) is 13.2. The van der Waals surface area contributed by atoms with E-state index in [0.29, 0.717) is 11.4 Å². The van der Waals surface area contributed by atoms with Crippen LogP contribution in [0.15, 0.2) is 85.1 Å². The van der Waals surface area contributed by atoms with Gasteiger partial charge in [0.15, 0.2) is 0 Å². The summed E-state index contributed by atoms with van der Waals surface area (Å²) >= 11 is 5.90. The van der Waals surface area contributed by atoms with Gasteiger partial charge in [-0.3, -0.25) is 4.79 Å². The Hall–Kier alpha value is -3.04. The van der Waals surface area contributed by atoms with Crippen LogP contribution in [-0.2, 0) is 17.8 Å². The van der Waals surface area contributed by atoms with Gasteiger partial charge in [0.2, 0.25) is 5.91 Å². The molecule has 4 aromatic rings. The molecule has 4 heteroatoms. The molecule has 134 valence electrons. The van der Waals surface area contributed by atoms with Crippen molar-refractivity contribution in [2.75, 3.05) is 5.32 Å². The standard InChI is InChI=1S/C23H19ClN2O/c24-19-10-12-20(13-11-19)25-23(27)14-18-16-26(15-17-6-2-1-3-7-17)22-9-5-4-8-21(18)22/h1-13,16H,14-15H2,(H,25,27). The number of aromatic nitrogens is 1. The van der Waals surface area contributed by atoms with Gasteiger partial charge in [0.25, 0.3) is 0 Å². The fourth-order valence-corrected chi connectivity index (χ4v) is 3.41. The maximum absolute atomic E-state index is 12.5.